The number of likely N-dealkylation sites (N-methyl/N-ethyl adjacent to an activating group) is 1. The van der Waals surface area contributed by atoms with Crippen molar-refractivity contribution >= 4 is 11.8 Å². The van der Waals surface area contributed by atoms with Gasteiger partial charge in [-0.15, -0.1) is 0 Å². The quantitative estimate of drug-likeness (QED) is 0.737. The summed E-state index contributed by atoms with van der Waals surface area (Å²) in [6.07, 6.45) is 5.85. The van der Waals surface area contributed by atoms with Crippen molar-refractivity contribution in [3.63, 3.8) is 0 Å². The van der Waals surface area contributed by atoms with Gasteiger partial charge in [0.2, 0.25) is 0 Å². The molecule has 7 heteroatoms. The van der Waals surface area contributed by atoms with Gasteiger partial charge in [0.25, 0.3) is 0 Å². The van der Waals surface area contributed by atoms with E-state index in [0.29, 0.717) is 12.5 Å². The fourth-order valence-corrected chi connectivity index (χ4v) is 4.30. The minimum absolute atomic E-state index is 0.00334. The van der Waals surface area contributed by atoms with Crippen LogP contribution in [0.2, 0.25) is 0 Å². The highest BCUT2D eigenvalue weighted by Crippen LogP contribution is 2.34. The third-order valence-corrected chi connectivity index (χ3v) is 6.01. The van der Waals surface area contributed by atoms with Crippen LogP contribution in [-0.2, 0) is 14.3 Å². The third kappa shape index (κ3) is 6.00. The summed E-state index contributed by atoms with van der Waals surface area (Å²) in [5.74, 6) is -0.886. The number of nitrogens with one attached hydrogen (secondary N) is 2. The molecule has 1 saturated carbocycles. The fraction of sp³-hybridized carbons (Fsp3) is 0.636. The molecule has 2 N–H and O–H groups in total. The van der Waals surface area contributed by atoms with Crippen molar-refractivity contribution in [1.82, 2.24) is 15.5 Å². The van der Waals surface area contributed by atoms with Crippen LogP contribution in [0, 0.1) is 5.82 Å². The highest BCUT2D eigenvalue weighted by atomic mass is 19.1. The Labute approximate surface area is 172 Å². The number of ether oxygens (including phenoxy) is 1. The molecule has 3 rings (SSSR count). The SMILES string of the molecule is CN(C)C(=O)C(=O)N[C@H]1CCCN[C@H]1COC1CCC(c2cccc(F)c2)CC1. The number of benzene rings is 1. The van der Waals surface area contributed by atoms with Crippen LogP contribution in [0.5, 0.6) is 0 Å². The van der Waals surface area contributed by atoms with Gasteiger partial charge >= 0.3 is 11.8 Å². The molecule has 1 saturated heterocycles. The van der Waals surface area contributed by atoms with Crippen molar-refractivity contribution in [2.45, 2.75) is 62.6 Å². The highest BCUT2D eigenvalue weighted by Gasteiger charge is 2.30. The standard InChI is InChI=1S/C22H32FN3O3/c1-26(2)22(28)21(27)25-19-7-4-12-24-20(19)14-29-18-10-8-15(9-11-18)16-5-3-6-17(23)13-16/h3,5-6,13,15,18-20,24H,4,7-12,14H2,1-2H3,(H,25,27)/t15?,18?,19-,20-/m0/s1. The van der Waals surface area contributed by atoms with Gasteiger partial charge in [-0.2, -0.15) is 0 Å². The predicted octanol–water partition coefficient (Wildman–Crippen LogP) is 2.19. The van der Waals surface area contributed by atoms with E-state index in [9.17, 15) is 14.0 Å². The van der Waals surface area contributed by atoms with Crippen LogP contribution in [-0.4, -0.2) is 62.1 Å². The number of hydrogen-bond acceptors (Lipinski definition) is 4. The maximum Gasteiger partial charge on any atom is 0.311 e. The molecule has 1 aliphatic carbocycles. The lowest BCUT2D eigenvalue weighted by Crippen LogP contribution is -2.57. The van der Waals surface area contributed by atoms with E-state index in [0.717, 1.165) is 50.6 Å². The van der Waals surface area contributed by atoms with E-state index in [-0.39, 0.29) is 24.0 Å². The third-order valence-electron chi connectivity index (χ3n) is 6.01. The van der Waals surface area contributed by atoms with E-state index < -0.39 is 11.8 Å². The molecule has 2 atom stereocenters. The van der Waals surface area contributed by atoms with Crippen molar-refractivity contribution in [3.8, 4) is 0 Å². The van der Waals surface area contributed by atoms with Crippen molar-refractivity contribution in [3.05, 3.63) is 35.6 Å². The Bertz CT molecular complexity index is 704. The van der Waals surface area contributed by atoms with Crippen molar-refractivity contribution < 1.29 is 18.7 Å². The lowest BCUT2D eigenvalue weighted by Gasteiger charge is -2.35. The first-order valence-corrected chi connectivity index (χ1v) is 10.6. The molecular weight excluding hydrogens is 373 g/mol. The molecule has 1 aromatic carbocycles. The molecular formula is C22H32FN3O3. The predicted molar refractivity (Wildman–Crippen MR) is 109 cm³/mol. The second-order valence-corrected chi connectivity index (χ2v) is 8.34. The Morgan fingerprint density at radius 3 is 2.66 bits per heavy atom. The van der Waals surface area contributed by atoms with Gasteiger partial charge in [0.15, 0.2) is 0 Å². The first kappa shape index (κ1) is 21.7. The van der Waals surface area contributed by atoms with Crippen molar-refractivity contribution in [2.75, 3.05) is 27.2 Å². The summed E-state index contributed by atoms with van der Waals surface area (Å²) in [5.41, 5.74) is 1.07. The Morgan fingerprint density at radius 1 is 1.21 bits per heavy atom. The molecule has 0 aromatic heterocycles. The van der Waals surface area contributed by atoms with Crippen molar-refractivity contribution in [1.29, 1.82) is 0 Å². The van der Waals surface area contributed by atoms with Crippen LogP contribution >= 0.6 is 0 Å². The number of nitrogens with zero attached hydrogens (tertiary/aromatic N) is 1. The molecule has 2 fully saturated rings. The molecule has 2 amide bonds. The Hall–Kier alpha value is -1.99. The Kier molecular flexibility index (Phi) is 7.61. The molecule has 6 nitrogen and oxygen atoms in total. The lowest BCUT2D eigenvalue weighted by atomic mass is 9.82. The molecule has 1 aliphatic heterocycles. The molecule has 29 heavy (non-hydrogen) atoms. The fourth-order valence-electron chi connectivity index (χ4n) is 4.30. The minimum Gasteiger partial charge on any atom is -0.377 e. The topological polar surface area (TPSA) is 70.7 Å². The van der Waals surface area contributed by atoms with Crippen LogP contribution in [0.4, 0.5) is 4.39 Å². The molecule has 1 heterocycles. The average molecular weight is 406 g/mol. The summed E-state index contributed by atoms with van der Waals surface area (Å²) in [5, 5.41) is 6.28. The Balaban J connectivity index is 1.46. The lowest BCUT2D eigenvalue weighted by molar-refractivity contribution is -0.144. The van der Waals surface area contributed by atoms with Gasteiger partial charge < -0.3 is 20.3 Å². The number of carbonyl (C=O) groups is 2. The normalized spacial score (nSPS) is 27.3. The zero-order valence-electron chi connectivity index (χ0n) is 17.3. The van der Waals surface area contributed by atoms with Crippen LogP contribution < -0.4 is 10.6 Å². The second-order valence-electron chi connectivity index (χ2n) is 8.34. The van der Waals surface area contributed by atoms with Crippen LogP contribution in [0.25, 0.3) is 0 Å². The molecule has 0 spiro atoms. The summed E-state index contributed by atoms with van der Waals surface area (Å²) in [4.78, 5) is 25.2. The number of rotatable bonds is 5. The van der Waals surface area contributed by atoms with E-state index >= 15 is 0 Å². The summed E-state index contributed by atoms with van der Waals surface area (Å²) < 4.78 is 19.6. The van der Waals surface area contributed by atoms with E-state index in [1.807, 2.05) is 6.07 Å². The van der Waals surface area contributed by atoms with Gasteiger partial charge in [0.05, 0.1) is 18.8 Å². The second kappa shape index (κ2) is 10.2. The van der Waals surface area contributed by atoms with Gasteiger partial charge in [-0.1, -0.05) is 12.1 Å². The molecule has 2 aliphatic rings. The van der Waals surface area contributed by atoms with E-state index in [4.69, 9.17) is 4.74 Å². The first-order valence-electron chi connectivity index (χ1n) is 10.6. The summed E-state index contributed by atoms with van der Waals surface area (Å²) in [6.45, 7) is 1.39. The zero-order chi connectivity index (χ0) is 20.8. The number of halogens is 1. The molecule has 1 aromatic rings. The zero-order valence-corrected chi connectivity index (χ0v) is 17.3. The number of hydrogen-bond donors (Lipinski definition) is 2. The number of carbonyl (C=O) groups excluding carboxylic acids is 2. The Morgan fingerprint density at radius 2 is 1.97 bits per heavy atom. The highest BCUT2D eigenvalue weighted by molar-refractivity contribution is 6.34. The minimum atomic E-state index is -0.565. The van der Waals surface area contributed by atoms with Crippen molar-refractivity contribution in [2.24, 2.45) is 0 Å². The van der Waals surface area contributed by atoms with Gasteiger partial charge in [0.1, 0.15) is 5.82 Å². The molecule has 0 unspecified atom stereocenters. The largest absolute Gasteiger partial charge is 0.377 e. The maximum atomic E-state index is 13.5. The first-order chi connectivity index (χ1) is 13.9. The van der Waals surface area contributed by atoms with Gasteiger partial charge in [-0.25, -0.2) is 4.39 Å². The monoisotopic (exact) mass is 405 g/mol. The smallest absolute Gasteiger partial charge is 0.311 e. The van der Waals surface area contributed by atoms with E-state index in [2.05, 4.69) is 10.6 Å². The van der Waals surface area contributed by atoms with Crippen LogP contribution in [0.1, 0.15) is 50.0 Å². The number of amides is 2. The number of piperidine rings is 1. The van der Waals surface area contributed by atoms with Crippen LogP contribution in [0.3, 0.4) is 0 Å². The molecule has 0 bridgehead atoms. The molecule has 0 radical (unpaired) electrons. The summed E-state index contributed by atoms with van der Waals surface area (Å²) >= 11 is 0. The van der Waals surface area contributed by atoms with Gasteiger partial charge in [-0.3, -0.25) is 9.59 Å². The van der Waals surface area contributed by atoms with Crippen LogP contribution in [0.15, 0.2) is 24.3 Å². The summed E-state index contributed by atoms with van der Waals surface area (Å²) in [7, 11) is 3.14. The maximum absolute atomic E-state index is 13.5. The van der Waals surface area contributed by atoms with Gasteiger partial charge in [-0.05, 0) is 68.7 Å². The van der Waals surface area contributed by atoms with Gasteiger partial charge in [0, 0.05) is 20.1 Å². The van der Waals surface area contributed by atoms with E-state index in [1.165, 1.54) is 11.0 Å². The van der Waals surface area contributed by atoms with E-state index in [1.54, 1.807) is 26.2 Å². The summed E-state index contributed by atoms with van der Waals surface area (Å²) in [6, 6.07) is 6.80. The molecule has 160 valence electrons. The average Bonchev–Trinajstić information content (AvgIpc) is 2.73.